The number of halogens is 6. The molecule has 111 valence electrons. The van der Waals surface area contributed by atoms with Gasteiger partial charge in [-0.2, -0.15) is 47.4 Å². The van der Waals surface area contributed by atoms with Crippen molar-refractivity contribution in [1.29, 1.82) is 0 Å². The summed E-state index contributed by atoms with van der Waals surface area (Å²) in [5.74, 6) is 0. The quantitative estimate of drug-likeness (QED) is 0.395. The summed E-state index contributed by atoms with van der Waals surface area (Å²) >= 11 is -4.37. The fourth-order valence-corrected chi connectivity index (χ4v) is 2.32. The van der Waals surface area contributed by atoms with Crippen molar-refractivity contribution in [3.8, 4) is 0 Å². The van der Waals surface area contributed by atoms with E-state index in [-0.39, 0.29) is 18.9 Å². The monoisotopic (exact) mass is 353 g/mol. The SMILES string of the molecule is O=S(OS(=O)(=O)C(F)(F)F)OS(=O)(=O)C(F)(F)F.[Li]. The van der Waals surface area contributed by atoms with Gasteiger partial charge in [0.2, 0.25) is 0 Å². The Kier molecular flexibility index (Phi) is 7.09. The Hall–Kier alpha value is 0.147. The molecule has 0 amide bonds. The summed E-state index contributed by atoms with van der Waals surface area (Å²) < 4.78 is 125. The van der Waals surface area contributed by atoms with Crippen LogP contribution < -0.4 is 0 Å². The van der Waals surface area contributed by atoms with Crippen LogP contribution in [0.5, 0.6) is 0 Å². The molecule has 0 aliphatic carbocycles. The molecule has 19 heavy (non-hydrogen) atoms. The van der Waals surface area contributed by atoms with E-state index in [0.717, 1.165) is 0 Å². The molecule has 0 bridgehead atoms. The van der Waals surface area contributed by atoms with Gasteiger partial charge in [-0.15, -0.1) is 7.26 Å². The van der Waals surface area contributed by atoms with E-state index in [1.54, 1.807) is 0 Å². The number of rotatable bonds is 4. The summed E-state index contributed by atoms with van der Waals surface area (Å²) in [4.78, 5) is 0. The van der Waals surface area contributed by atoms with Crippen molar-refractivity contribution in [2.75, 3.05) is 0 Å². The molecule has 0 heterocycles. The summed E-state index contributed by atoms with van der Waals surface area (Å²) in [6, 6.07) is 0. The van der Waals surface area contributed by atoms with E-state index in [2.05, 4.69) is 7.26 Å². The van der Waals surface area contributed by atoms with Gasteiger partial charge in [0.15, 0.2) is 0 Å². The predicted octanol–water partition coefficient (Wildman–Crippen LogP) is -0.0833. The van der Waals surface area contributed by atoms with E-state index in [9.17, 15) is 47.4 Å². The number of alkyl halides is 6. The third-order valence-electron chi connectivity index (χ3n) is 0.857. The van der Waals surface area contributed by atoms with Crippen LogP contribution in [0.25, 0.3) is 0 Å². The molecule has 0 saturated carbocycles. The molecule has 0 aromatic rings. The Balaban J connectivity index is 0. The van der Waals surface area contributed by atoms with Gasteiger partial charge in [0.1, 0.15) is 0 Å². The van der Waals surface area contributed by atoms with Crippen LogP contribution >= 0.6 is 0 Å². The third-order valence-corrected chi connectivity index (χ3v) is 4.31. The molecule has 0 N–H and O–H groups in total. The van der Waals surface area contributed by atoms with Crippen molar-refractivity contribution in [3.05, 3.63) is 0 Å². The minimum absolute atomic E-state index is 0. The van der Waals surface area contributed by atoms with E-state index >= 15 is 0 Å². The zero-order chi connectivity index (χ0) is 15.0. The van der Waals surface area contributed by atoms with Crippen LogP contribution in [0.2, 0.25) is 0 Å². The smallest absolute Gasteiger partial charge is 0.195 e. The topological polar surface area (TPSA) is 104 Å². The van der Waals surface area contributed by atoms with Gasteiger partial charge in [-0.1, -0.05) is 0 Å². The summed E-state index contributed by atoms with van der Waals surface area (Å²) in [7, 11) is -13.1. The first kappa shape index (κ1) is 21.4. The van der Waals surface area contributed by atoms with Crippen molar-refractivity contribution in [3.63, 3.8) is 0 Å². The first-order valence-electron chi connectivity index (χ1n) is 3.04. The van der Waals surface area contributed by atoms with Crippen LogP contribution in [0.1, 0.15) is 0 Å². The molecule has 0 aliphatic heterocycles. The molecular formula is C2F6LiO7S3. The van der Waals surface area contributed by atoms with E-state index in [1.165, 1.54) is 0 Å². The largest absolute Gasteiger partial charge is 0.524 e. The van der Waals surface area contributed by atoms with Gasteiger partial charge in [0, 0.05) is 18.9 Å². The second-order valence-corrected chi connectivity index (χ2v) is 6.38. The number of hydrogen-bond acceptors (Lipinski definition) is 7. The zero-order valence-corrected chi connectivity index (χ0v) is 10.8. The maximum absolute atomic E-state index is 11.6. The maximum Gasteiger partial charge on any atom is 0.524 e. The fourth-order valence-electron chi connectivity index (χ4n) is 0.235. The molecule has 0 unspecified atom stereocenters. The predicted molar refractivity (Wildman–Crippen MR) is 46.0 cm³/mol. The average Bonchev–Trinajstić information content (AvgIpc) is 1.95. The molecule has 0 rings (SSSR count). The van der Waals surface area contributed by atoms with Crippen LogP contribution in [0.4, 0.5) is 26.3 Å². The summed E-state index contributed by atoms with van der Waals surface area (Å²) in [6.07, 6.45) is 0. The molecule has 0 fully saturated rings. The Morgan fingerprint density at radius 3 is 1.11 bits per heavy atom. The summed E-state index contributed by atoms with van der Waals surface area (Å²) in [6.45, 7) is 0. The van der Waals surface area contributed by atoms with Gasteiger partial charge in [-0.3, -0.25) is 0 Å². The molecular weight excluding hydrogens is 353 g/mol. The number of hydrogen-bond donors (Lipinski definition) is 0. The molecule has 0 aromatic heterocycles. The van der Waals surface area contributed by atoms with Gasteiger partial charge in [-0.05, 0) is 0 Å². The van der Waals surface area contributed by atoms with Crippen LogP contribution in [0, 0.1) is 0 Å². The molecule has 0 spiro atoms. The zero-order valence-electron chi connectivity index (χ0n) is 8.35. The Labute approximate surface area is 116 Å². The van der Waals surface area contributed by atoms with Crippen LogP contribution in [-0.2, 0) is 38.9 Å². The molecule has 7 nitrogen and oxygen atoms in total. The first-order chi connectivity index (χ1) is 7.60. The van der Waals surface area contributed by atoms with Gasteiger partial charge >= 0.3 is 42.6 Å². The summed E-state index contributed by atoms with van der Waals surface area (Å²) in [5, 5.41) is 0. The first-order valence-corrected chi connectivity index (χ1v) is 6.86. The van der Waals surface area contributed by atoms with Gasteiger partial charge < -0.3 is 0 Å². The van der Waals surface area contributed by atoms with Gasteiger partial charge in [-0.25, -0.2) is 0 Å². The molecule has 0 saturated heterocycles. The van der Waals surface area contributed by atoms with Crippen molar-refractivity contribution < 1.29 is 54.6 Å². The van der Waals surface area contributed by atoms with Crippen molar-refractivity contribution >= 4 is 50.5 Å². The van der Waals surface area contributed by atoms with E-state index in [4.69, 9.17) is 0 Å². The second kappa shape index (κ2) is 6.28. The van der Waals surface area contributed by atoms with Gasteiger partial charge in [0.25, 0.3) is 0 Å². The second-order valence-electron chi connectivity index (χ2n) is 2.14. The molecule has 0 atom stereocenters. The van der Waals surface area contributed by atoms with Crippen LogP contribution in [0.15, 0.2) is 0 Å². The average molecular weight is 353 g/mol. The third kappa shape index (κ3) is 5.97. The minimum Gasteiger partial charge on any atom is -0.195 e. The maximum atomic E-state index is 11.6. The van der Waals surface area contributed by atoms with E-state index in [0.29, 0.717) is 0 Å². The fraction of sp³-hybridized carbons (Fsp3) is 1.00. The Morgan fingerprint density at radius 2 is 0.947 bits per heavy atom. The van der Waals surface area contributed by atoms with Crippen molar-refractivity contribution in [1.82, 2.24) is 0 Å². The molecule has 0 aliphatic rings. The minimum atomic E-state index is -6.57. The van der Waals surface area contributed by atoms with Crippen molar-refractivity contribution in [2.45, 2.75) is 11.0 Å². The molecule has 17 heteroatoms. The standard InChI is InChI=1S/C2F6O7S3.Li/c3-1(4,5)17(10,11)14-16(9)15-18(12,13)2(6,7)8;. The van der Waals surface area contributed by atoms with Crippen LogP contribution in [0.3, 0.4) is 0 Å². The Morgan fingerprint density at radius 1 is 0.737 bits per heavy atom. The Bertz CT molecular complexity index is 480. The van der Waals surface area contributed by atoms with Crippen LogP contribution in [-0.4, -0.2) is 50.9 Å². The van der Waals surface area contributed by atoms with Crippen molar-refractivity contribution in [2.24, 2.45) is 0 Å². The summed E-state index contributed by atoms with van der Waals surface area (Å²) in [5.41, 5.74) is -12.2. The van der Waals surface area contributed by atoms with Gasteiger partial charge in [0.05, 0.1) is 0 Å². The molecule has 0 aromatic carbocycles. The molecule has 1 radical (unpaired) electrons. The normalized spacial score (nSPS) is 14.3. The van der Waals surface area contributed by atoms with E-state index < -0.39 is 42.6 Å². The van der Waals surface area contributed by atoms with E-state index in [1.807, 2.05) is 0 Å².